The number of aliphatic hydroxyl groups is 1. The van der Waals surface area contributed by atoms with Gasteiger partial charge in [0.05, 0.1) is 67.1 Å². The third kappa shape index (κ3) is 6.59. The molecule has 10 aliphatic rings. The normalized spacial score (nSPS) is 52.4. The molecule has 0 aromatic carbocycles. The van der Waals surface area contributed by atoms with Crippen LogP contribution in [0.4, 0.5) is 0 Å². The number of carbonyl (C=O) groups is 1. The van der Waals surface area contributed by atoms with Crippen LogP contribution in [0.25, 0.3) is 0 Å². The molecule has 0 aromatic rings. The molecular formula is C40H59NO11. The van der Waals surface area contributed by atoms with Crippen molar-refractivity contribution < 1.29 is 52.5 Å². The maximum absolute atomic E-state index is 14.1. The van der Waals surface area contributed by atoms with Crippen molar-refractivity contribution in [2.45, 2.75) is 194 Å². The number of carbonyl (C=O) groups excluding carboxylic acids is 1. The summed E-state index contributed by atoms with van der Waals surface area (Å²) in [6.45, 7) is 11.3. The first kappa shape index (κ1) is 36.4. The van der Waals surface area contributed by atoms with Gasteiger partial charge in [-0.15, -0.1) is 0 Å². The van der Waals surface area contributed by atoms with Crippen LogP contribution in [-0.4, -0.2) is 128 Å². The first-order valence-corrected chi connectivity index (χ1v) is 20.2. The van der Waals surface area contributed by atoms with Crippen molar-refractivity contribution in [1.29, 1.82) is 0 Å². The maximum atomic E-state index is 14.1. The highest BCUT2D eigenvalue weighted by atomic mass is 16.8. The van der Waals surface area contributed by atoms with E-state index in [4.69, 9.17) is 48.4 Å². The topological polar surface area (TPSA) is 146 Å². The van der Waals surface area contributed by atoms with Crippen molar-refractivity contribution in [2.24, 2.45) is 17.6 Å². The van der Waals surface area contributed by atoms with Gasteiger partial charge in [-0.05, 0) is 62.0 Å². The Balaban J connectivity index is 0.994. The van der Waals surface area contributed by atoms with E-state index in [0.717, 1.165) is 56.1 Å². The molecular weight excluding hydrogens is 670 g/mol. The molecule has 19 atom stereocenters. The van der Waals surface area contributed by atoms with E-state index in [-0.39, 0.29) is 122 Å². The van der Waals surface area contributed by atoms with Crippen LogP contribution in [0.3, 0.4) is 0 Å². The predicted octanol–water partition coefficient (Wildman–Crippen LogP) is 3.44. The molecule has 10 rings (SSSR count). The molecule has 1 unspecified atom stereocenters. The smallest absolute Gasteiger partial charge is 0.172 e. The van der Waals surface area contributed by atoms with Crippen molar-refractivity contribution in [3.63, 3.8) is 0 Å². The molecule has 12 nitrogen and oxygen atoms in total. The zero-order chi connectivity index (χ0) is 35.9. The van der Waals surface area contributed by atoms with Gasteiger partial charge in [-0.25, -0.2) is 0 Å². The summed E-state index contributed by atoms with van der Waals surface area (Å²) in [5, 5.41) is 10.5. The summed E-state index contributed by atoms with van der Waals surface area (Å²) in [7, 11) is 1.66. The van der Waals surface area contributed by atoms with E-state index in [0.29, 0.717) is 25.7 Å². The van der Waals surface area contributed by atoms with Crippen LogP contribution in [-0.2, 0) is 47.4 Å². The number of nitrogens with two attached hydrogens (primary N) is 1. The molecule has 0 aromatic heterocycles. The lowest BCUT2D eigenvalue weighted by atomic mass is 9.81. The minimum atomic E-state index is -0.780. The van der Waals surface area contributed by atoms with Gasteiger partial charge in [-0.3, -0.25) is 4.79 Å². The fraction of sp³-hybridized carbons (Fsp3) is 0.875. The summed E-state index contributed by atoms with van der Waals surface area (Å²) in [6, 6.07) is 0. The molecule has 0 saturated carbocycles. The molecule has 12 heteroatoms. The van der Waals surface area contributed by atoms with Crippen molar-refractivity contribution in [3.05, 3.63) is 24.3 Å². The Morgan fingerprint density at radius 2 is 1.56 bits per heavy atom. The molecule has 10 fully saturated rings. The zero-order valence-corrected chi connectivity index (χ0v) is 30.8. The van der Waals surface area contributed by atoms with Crippen molar-refractivity contribution in [2.75, 3.05) is 13.7 Å². The summed E-state index contributed by atoms with van der Waals surface area (Å²) in [4.78, 5) is 14.1. The van der Waals surface area contributed by atoms with E-state index < -0.39 is 18.0 Å². The highest BCUT2D eigenvalue weighted by molar-refractivity contribution is 5.79. The molecule has 10 saturated heterocycles. The summed E-state index contributed by atoms with van der Waals surface area (Å²) < 4.78 is 60.0. The molecule has 0 amide bonds. The molecule has 12 bridgehead atoms. The van der Waals surface area contributed by atoms with E-state index >= 15 is 0 Å². The summed E-state index contributed by atoms with van der Waals surface area (Å²) >= 11 is 0. The van der Waals surface area contributed by atoms with Crippen LogP contribution in [0.15, 0.2) is 24.3 Å². The lowest BCUT2D eigenvalue weighted by Crippen LogP contribution is -2.61. The van der Waals surface area contributed by atoms with Gasteiger partial charge >= 0.3 is 0 Å². The SMILES string of the molecule is C=C1C[C@@H]2CC[C@@]34CC5O[C@@H]6[C@@H](O3)[C@H]3O[C@H](CC[C@@H]3O[C@H]6[C@H]5O4)CC(=O)C[C@@H]3[C@@H](OC)[C@@H](C[C@H](O)CN)O[C@H]3C[C@H]3O[C@@H](CC[C@@H]1O2)C[C@@H](C)C3=C. The monoisotopic (exact) mass is 729 g/mol. The number of rotatable bonds is 4. The minimum Gasteiger partial charge on any atom is -0.392 e. The Kier molecular flexibility index (Phi) is 10.0. The molecule has 10 aliphatic heterocycles. The third-order valence-electron chi connectivity index (χ3n) is 14.0. The molecule has 0 radical (unpaired) electrons. The van der Waals surface area contributed by atoms with Gasteiger partial charge in [0, 0.05) is 58.1 Å². The first-order valence-electron chi connectivity index (χ1n) is 20.2. The lowest BCUT2D eigenvalue weighted by Gasteiger charge is -2.47. The third-order valence-corrected chi connectivity index (χ3v) is 14.0. The van der Waals surface area contributed by atoms with Crippen molar-refractivity contribution in [1.82, 2.24) is 0 Å². The average molecular weight is 730 g/mol. The number of ether oxygens (including phenoxy) is 9. The Bertz CT molecular complexity index is 1380. The molecule has 1 spiro atoms. The molecule has 10 heterocycles. The summed E-state index contributed by atoms with van der Waals surface area (Å²) in [6.07, 6.45) is 4.85. The molecule has 290 valence electrons. The van der Waals surface area contributed by atoms with E-state index in [1.54, 1.807) is 7.11 Å². The first-order chi connectivity index (χ1) is 25.1. The number of ketones is 1. The lowest BCUT2D eigenvalue weighted by molar-refractivity contribution is -0.292. The van der Waals surface area contributed by atoms with Gasteiger partial charge in [-0.1, -0.05) is 20.1 Å². The van der Waals surface area contributed by atoms with Gasteiger partial charge in [0.2, 0.25) is 0 Å². The number of methoxy groups -OCH3 is 1. The summed E-state index contributed by atoms with van der Waals surface area (Å²) in [5.41, 5.74) is 8.01. The number of hydrogen-bond donors (Lipinski definition) is 2. The van der Waals surface area contributed by atoms with Gasteiger partial charge in [0.1, 0.15) is 36.3 Å². The largest absolute Gasteiger partial charge is 0.392 e. The van der Waals surface area contributed by atoms with Crippen molar-refractivity contribution >= 4 is 5.78 Å². The second kappa shape index (κ2) is 14.3. The number of Topliss-reactive ketones (excluding diaryl/α,β-unsaturated/α-hetero) is 1. The van der Waals surface area contributed by atoms with Crippen LogP contribution in [0.1, 0.15) is 90.4 Å². The van der Waals surface area contributed by atoms with E-state index in [1.807, 2.05) is 0 Å². The van der Waals surface area contributed by atoms with Crippen LogP contribution in [0.2, 0.25) is 0 Å². The zero-order valence-electron chi connectivity index (χ0n) is 30.8. The Morgan fingerprint density at radius 1 is 0.808 bits per heavy atom. The maximum Gasteiger partial charge on any atom is 0.172 e. The van der Waals surface area contributed by atoms with E-state index in [9.17, 15) is 9.90 Å². The number of aliphatic hydroxyl groups excluding tert-OH is 1. The number of hydrogen-bond acceptors (Lipinski definition) is 12. The molecule has 0 aliphatic carbocycles. The van der Waals surface area contributed by atoms with Gasteiger partial charge in [0.25, 0.3) is 0 Å². The quantitative estimate of drug-likeness (QED) is 0.409. The highest BCUT2D eigenvalue weighted by Gasteiger charge is 2.68. The average Bonchev–Trinajstić information content (AvgIpc) is 3.79. The Labute approximate surface area is 307 Å². The van der Waals surface area contributed by atoms with Gasteiger partial charge in [-0.2, -0.15) is 0 Å². The Morgan fingerprint density at radius 3 is 2.38 bits per heavy atom. The predicted molar refractivity (Wildman–Crippen MR) is 186 cm³/mol. The number of fused-ring (bicyclic) bond motifs is 6. The van der Waals surface area contributed by atoms with Gasteiger partial charge in [0.15, 0.2) is 5.79 Å². The highest BCUT2D eigenvalue weighted by Crippen LogP contribution is 2.54. The van der Waals surface area contributed by atoms with Crippen LogP contribution < -0.4 is 5.73 Å². The molecule has 52 heavy (non-hydrogen) atoms. The van der Waals surface area contributed by atoms with Crippen LogP contribution >= 0.6 is 0 Å². The fourth-order valence-electron chi connectivity index (χ4n) is 11.3. The Hall–Kier alpha value is -1.29. The fourth-order valence-corrected chi connectivity index (χ4v) is 11.3. The second-order valence-corrected chi connectivity index (χ2v) is 17.4. The van der Waals surface area contributed by atoms with Crippen LogP contribution in [0.5, 0.6) is 0 Å². The van der Waals surface area contributed by atoms with E-state index in [1.165, 1.54) is 0 Å². The van der Waals surface area contributed by atoms with Crippen molar-refractivity contribution in [3.8, 4) is 0 Å². The minimum absolute atomic E-state index is 0.0158. The van der Waals surface area contributed by atoms with Gasteiger partial charge < -0.3 is 53.5 Å². The standard InChI is InChI=1S/C40H59NO11/c1-19-11-24-5-7-28-20(2)12-26(45-28)9-10-40-17-33-36(51-40)37-38(50-33)39(52-40)35-29(49-37)8-6-25(47-35)13-22(42)14-27-31(16-30(46-24)21(19)3)48-32(34(27)44-4)15-23(43)18-41/h19,23-39,43H,2-3,5-18,41H2,1,4H3/t19-,23+,24+,25-,26+,27+,28+,29+,30-,31+,32-,33?,34-,35+,36+,37+,38+,39+,40+/m1/s1. The second-order valence-electron chi connectivity index (χ2n) is 17.4. The molecule has 3 N–H and O–H groups in total. The van der Waals surface area contributed by atoms with Crippen LogP contribution in [0, 0.1) is 11.8 Å². The van der Waals surface area contributed by atoms with E-state index in [2.05, 4.69) is 20.1 Å². The summed E-state index contributed by atoms with van der Waals surface area (Å²) in [5.74, 6) is -0.619.